The molecule has 5 heteroatoms. The van der Waals surface area contributed by atoms with Crippen LogP contribution in [0.2, 0.25) is 5.02 Å². The fourth-order valence-corrected chi connectivity index (χ4v) is 1.97. The number of guanidine groups is 1. The van der Waals surface area contributed by atoms with E-state index in [0.717, 1.165) is 30.5 Å². The zero-order valence-electron chi connectivity index (χ0n) is 12.7. The van der Waals surface area contributed by atoms with Crippen molar-refractivity contribution in [1.29, 1.82) is 0 Å². The summed E-state index contributed by atoms with van der Waals surface area (Å²) >= 11 is 6.05. The van der Waals surface area contributed by atoms with Gasteiger partial charge < -0.3 is 10.6 Å². The summed E-state index contributed by atoms with van der Waals surface area (Å²) in [6.45, 7) is 8.25. The maximum Gasteiger partial charge on any atom is 0.191 e. The highest BCUT2D eigenvalue weighted by Gasteiger charge is 2.21. The highest BCUT2D eigenvalue weighted by atomic mass is 127. The van der Waals surface area contributed by atoms with Crippen LogP contribution in [0, 0.1) is 0 Å². The Morgan fingerprint density at radius 3 is 2.55 bits per heavy atom. The van der Waals surface area contributed by atoms with Crippen molar-refractivity contribution in [2.45, 2.75) is 32.6 Å². The van der Waals surface area contributed by atoms with Gasteiger partial charge in [0.25, 0.3) is 0 Å². The minimum atomic E-state index is -0.00522. The van der Waals surface area contributed by atoms with Gasteiger partial charge in [0.2, 0.25) is 0 Å². The minimum Gasteiger partial charge on any atom is -0.356 e. The molecule has 20 heavy (non-hydrogen) atoms. The molecule has 2 N–H and O–H groups in total. The third-order valence-electron chi connectivity index (χ3n) is 3.07. The van der Waals surface area contributed by atoms with Crippen LogP contribution in [0.3, 0.4) is 0 Å². The Morgan fingerprint density at radius 2 is 2.00 bits per heavy atom. The number of halogens is 2. The van der Waals surface area contributed by atoms with Crippen molar-refractivity contribution in [2.24, 2.45) is 4.99 Å². The average molecular weight is 410 g/mol. The van der Waals surface area contributed by atoms with Crippen molar-refractivity contribution >= 4 is 41.5 Å². The predicted octanol–water partition coefficient (Wildman–Crippen LogP) is 3.81. The molecule has 0 saturated heterocycles. The van der Waals surface area contributed by atoms with E-state index in [1.165, 1.54) is 5.56 Å². The first kappa shape index (κ1) is 19.5. The van der Waals surface area contributed by atoms with Crippen LogP contribution in [0.1, 0.15) is 32.8 Å². The fourth-order valence-electron chi connectivity index (χ4n) is 1.78. The lowest BCUT2D eigenvalue weighted by atomic mass is 9.84. The molecule has 0 aliphatic heterocycles. The molecule has 0 spiro atoms. The number of nitrogens with zero attached hydrogens (tertiary/aromatic N) is 1. The van der Waals surface area contributed by atoms with Crippen LogP contribution in [0.4, 0.5) is 0 Å². The molecule has 114 valence electrons. The molecular weight excluding hydrogens is 385 g/mol. The van der Waals surface area contributed by atoms with Crippen LogP contribution in [-0.2, 0) is 5.41 Å². The molecule has 0 heterocycles. The minimum absolute atomic E-state index is 0. The van der Waals surface area contributed by atoms with Crippen molar-refractivity contribution < 1.29 is 0 Å². The summed E-state index contributed by atoms with van der Waals surface area (Å²) in [6.07, 6.45) is 1.08. The highest BCUT2D eigenvalue weighted by Crippen LogP contribution is 2.24. The predicted molar refractivity (Wildman–Crippen MR) is 99.5 cm³/mol. The lowest BCUT2D eigenvalue weighted by Crippen LogP contribution is -2.43. The lowest BCUT2D eigenvalue weighted by Gasteiger charge is -2.27. The lowest BCUT2D eigenvalue weighted by molar-refractivity contribution is 0.508. The van der Waals surface area contributed by atoms with E-state index in [2.05, 4.69) is 42.5 Å². The van der Waals surface area contributed by atoms with Gasteiger partial charge in [0.05, 0.1) is 0 Å². The SMILES string of the molecule is CCCNC(=NC)NCC(C)(C)c1cccc(Cl)c1.I. The van der Waals surface area contributed by atoms with E-state index < -0.39 is 0 Å². The Bertz CT molecular complexity index is 433. The van der Waals surface area contributed by atoms with Gasteiger partial charge in [-0.25, -0.2) is 0 Å². The second-order valence-corrected chi connectivity index (χ2v) is 5.68. The zero-order chi connectivity index (χ0) is 14.3. The van der Waals surface area contributed by atoms with Crippen LogP contribution < -0.4 is 10.6 Å². The van der Waals surface area contributed by atoms with Crippen LogP contribution in [0.25, 0.3) is 0 Å². The molecular formula is C15H25ClIN3. The summed E-state index contributed by atoms with van der Waals surface area (Å²) in [5.41, 5.74) is 1.22. The maximum atomic E-state index is 6.05. The van der Waals surface area contributed by atoms with Crippen molar-refractivity contribution in [3.8, 4) is 0 Å². The van der Waals surface area contributed by atoms with Gasteiger partial charge in [-0.3, -0.25) is 4.99 Å². The number of aliphatic imine (C=N–C) groups is 1. The van der Waals surface area contributed by atoms with Crippen molar-refractivity contribution in [1.82, 2.24) is 10.6 Å². The van der Waals surface area contributed by atoms with E-state index in [4.69, 9.17) is 11.6 Å². The molecule has 0 radical (unpaired) electrons. The van der Waals surface area contributed by atoms with Gasteiger partial charge in [0.1, 0.15) is 0 Å². The third kappa shape index (κ3) is 6.31. The first-order valence-electron chi connectivity index (χ1n) is 6.70. The summed E-state index contributed by atoms with van der Waals surface area (Å²) in [6, 6.07) is 8.02. The molecule has 0 saturated carbocycles. The van der Waals surface area contributed by atoms with E-state index in [-0.39, 0.29) is 29.4 Å². The van der Waals surface area contributed by atoms with E-state index in [1.807, 2.05) is 18.2 Å². The Kier molecular flexibility index (Phi) is 9.22. The Balaban J connectivity index is 0.00000361. The van der Waals surface area contributed by atoms with Crippen molar-refractivity contribution in [3.05, 3.63) is 34.9 Å². The molecule has 0 amide bonds. The van der Waals surface area contributed by atoms with Crippen molar-refractivity contribution in [2.75, 3.05) is 20.1 Å². The molecule has 0 fully saturated rings. The molecule has 1 aromatic rings. The summed E-state index contributed by atoms with van der Waals surface area (Å²) in [5.74, 6) is 0.844. The third-order valence-corrected chi connectivity index (χ3v) is 3.31. The van der Waals surface area contributed by atoms with E-state index >= 15 is 0 Å². The molecule has 0 aliphatic rings. The molecule has 0 atom stereocenters. The number of hydrogen-bond acceptors (Lipinski definition) is 1. The fraction of sp³-hybridized carbons (Fsp3) is 0.533. The van der Waals surface area contributed by atoms with E-state index in [1.54, 1.807) is 7.05 Å². The maximum absolute atomic E-state index is 6.05. The van der Waals surface area contributed by atoms with Crippen LogP contribution in [-0.4, -0.2) is 26.1 Å². The molecule has 0 unspecified atom stereocenters. The molecule has 1 aromatic carbocycles. The molecule has 0 aliphatic carbocycles. The van der Waals surface area contributed by atoms with Gasteiger partial charge in [-0.1, -0.05) is 44.5 Å². The normalized spacial score (nSPS) is 11.8. The summed E-state index contributed by atoms with van der Waals surface area (Å²) in [7, 11) is 1.79. The zero-order valence-corrected chi connectivity index (χ0v) is 15.8. The Morgan fingerprint density at radius 1 is 1.30 bits per heavy atom. The summed E-state index contributed by atoms with van der Waals surface area (Å²) in [5, 5.41) is 7.40. The van der Waals surface area contributed by atoms with Gasteiger partial charge in [-0.2, -0.15) is 0 Å². The monoisotopic (exact) mass is 409 g/mol. The average Bonchev–Trinajstić information content (AvgIpc) is 2.39. The van der Waals surface area contributed by atoms with Crippen molar-refractivity contribution in [3.63, 3.8) is 0 Å². The second-order valence-electron chi connectivity index (χ2n) is 5.25. The Labute approximate surface area is 144 Å². The largest absolute Gasteiger partial charge is 0.356 e. The van der Waals surface area contributed by atoms with Gasteiger partial charge >= 0.3 is 0 Å². The molecule has 0 aromatic heterocycles. The number of rotatable bonds is 5. The molecule has 0 bridgehead atoms. The second kappa shape index (κ2) is 9.45. The quantitative estimate of drug-likeness (QED) is 0.441. The summed E-state index contributed by atoms with van der Waals surface area (Å²) < 4.78 is 0. The van der Waals surface area contributed by atoms with Gasteiger partial charge in [-0.15, -0.1) is 24.0 Å². The van der Waals surface area contributed by atoms with E-state index in [0.29, 0.717) is 0 Å². The van der Waals surface area contributed by atoms with Crippen LogP contribution in [0.15, 0.2) is 29.3 Å². The topological polar surface area (TPSA) is 36.4 Å². The number of benzene rings is 1. The van der Waals surface area contributed by atoms with Gasteiger partial charge in [0, 0.05) is 30.6 Å². The number of hydrogen-bond donors (Lipinski definition) is 2. The summed E-state index contributed by atoms with van der Waals surface area (Å²) in [4.78, 5) is 4.21. The molecule has 1 rings (SSSR count). The standard InChI is InChI=1S/C15H24ClN3.HI/c1-5-9-18-14(17-4)19-11-15(2,3)12-7-6-8-13(16)10-12;/h6-8,10H,5,9,11H2,1-4H3,(H2,17,18,19);1H. The molecule has 3 nitrogen and oxygen atoms in total. The number of nitrogens with one attached hydrogen (secondary N) is 2. The first-order valence-corrected chi connectivity index (χ1v) is 7.08. The first-order chi connectivity index (χ1) is 8.99. The Hall–Kier alpha value is -0.490. The smallest absolute Gasteiger partial charge is 0.191 e. The highest BCUT2D eigenvalue weighted by molar-refractivity contribution is 14.0. The van der Waals surface area contributed by atoms with Gasteiger partial charge in [-0.05, 0) is 24.1 Å². The van der Waals surface area contributed by atoms with Crippen LogP contribution in [0.5, 0.6) is 0 Å². The van der Waals surface area contributed by atoms with E-state index in [9.17, 15) is 0 Å². The van der Waals surface area contributed by atoms with Gasteiger partial charge in [0.15, 0.2) is 5.96 Å². The van der Waals surface area contributed by atoms with Crippen LogP contribution >= 0.6 is 35.6 Å².